The third kappa shape index (κ3) is 2.68. The predicted molar refractivity (Wildman–Crippen MR) is 80.9 cm³/mol. The lowest BCUT2D eigenvalue weighted by Gasteiger charge is -2.36. The summed E-state index contributed by atoms with van der Waals surface area (Å²) in [6, 6.07) is 7.31. The highest BCUT2D eigenvalue weighted by molar-refractivity contribution is 9.08. The van der Waals surface area contributed by atoms with Gasteiger partial charge in [0.25, 0.3) is 0 Å². The topological polar surface area (TPSA) is 6.48 Å². The van der Waals surface area contributed by atoms with E-state index in [1.165, 1.54) is 31.6 Å². The number of piperazine rings is 1. The van der Waals surface area contributed by atoms with E-state index in [9.17, 15) is 0 Å². The van der Waals surface area contributed by atoms with Crippen LogP contribution in [-0.4, -0.2) is 37.1 Å². The molecule has 1 saturated heterocycles. The van der Waals surface area contributed by atoms with Crippen LogP contribution in [0.2, 0.25) is 5.02 Å². The molecule has 1 heterocycles. The second-order valence-corrected chi connectivity index (χ2v) is 6.13. The van der Waals surface area contributed by atoms with Crippen LogP contribution in [0.1, 0.15) is 18.4 Å². The normalized spacial score (nSPS) is 21.3. The average Bonchev–Trinajstić information content (AvgIpc) is 3.23. The van der Waals surface area contributed by atoms with Crippen molar-refractivity contribution in [3.63, 3.8) is 0 Å². The largest absolute Gasteiger partial charge is 0.369 e. The average molecular weight is 330 g/mol. The van der Waals surface area contributed by atoms with Gasteiger partial charge >= 0.3 is 0 Å². The van der Waals surface area contributed by atoms with E-state index in [0.29, 0.717) is 0 Å². The zero-order chi connectivity index (χ0) is 12.5. The van der Waals surface area contributed by atoms with Crippen molar-refractivity contribution in [1.82, 2.24) is 4.90 Å². The van der Waals surface area contributed by atoms with Crippen molar-refractivity contribution in [2.24, 2.45) is 0 Å². The summed E-state index contributed by atoms with van der Waals surface area (Å²) in [6.07, 6.45) is 2.82. The van der Waals surface area contributed by atoms with E-state index in [2.05, 4.69) is 43.9 Å². The Balaban J connectivity index is 1.66. The van der Waals surface area contributed by atoms with Crippen LogP contribution in [0.5, 0.6) is 0 Å². The highest BCUT2D eigenvalue weighted by atomic mass is 79.9. The summed E-state index contributed by atoms with van der Waals surface area (Å²) in [7, 11) is 0. The predicted octanol–water partition coefficient (Wildman–Crippen LogP) is 3.52. The van der Waals surface area contributed by atoms with Crippen LogP contribution in [0.4, 0.5) is 5.69 Å². The number of anilines is 1. The summed E-state index contributed by atoms with van der Waals surface area (Å²) in [5, 5.41) is 1.69. The molecule has 0 radical (unpaired) electrons. The smallest absolute Gasteiger partial charge is 0.0467 e. The van der Waals surface area contributed by atoms with E-state index in [4.69, 9.17) is 11.6 Å². The molecule has 98 valence electrons. The number of hydrogen-bond acceptors (Lipinski definition) is 2. The summed E-state index contributed by atoms with van der Waals surface area (Å²) in [4.78, 5) is 5.08. The number of benzene rings is 1. The molecule has 1 aliphatic heterocycles. The maximum absolute atomic E-state index is 6.27. The summed E-state index contributed by atoms with van der Waals surface area (Å²) in [6.45, 7) is 4.64. The van der Waals surface area contributed by atoms with Gasteiger partial charge in [0.05, 0.1) is 0 Å². The van der Waals surface area contributed by atoms with Crippen molar-refractivity contribution >= 4 is 33.2 Å². The zero-order valence-corrected chi connectivity index (χ0v) is 12.8. The molecule has 0 unspecified atom stereocenters. The van der Waals surface area contributed by atoms with Crippen LogP contribution in [0.25, 0.3) is 0 Å². The van der Waals surface area contributed by atoms with Gasteiger partial charge in [-0.05, 0) is 30.5 Å². The minimum atomic E-state index is 0.821. The quantitative estimate of drug-likeness (QED) is 0.783. The molecule has 1 aromatic rings. The summed E-state index contributed by atoms with van der Waals surface area (Å²) < 4.78 is 0. The molecule has 2 nitrogen and oxygen atoms in total. The fourth-order valence-electron chi connectivity index (χ4n) is 2.63. The third-order valence-corrected chi connectivity index (χ3v) is 4.88. The third-order valence-electron chi connectivity index (χ3n) is 3.92. The van der Waals surface area contributed by atoms with Gasteiger partial charge in [-0.15, -0.1) is 0 Å². The van der Waals surface area contributed by atoms with Crippen molar-refractivity contribution < 1.29 is 0 Å². The summed E-state index contributed by atoms with van der Waals surface area (Å²) in [5.74, 6) is 0. The maximum atomic E-state index is 6.27. The monoisotopic (exact) mass is 328 g/mol. The highest BCUT2D eigenvalue weighted by Crippen LogP contribution is 2.30. The minimum absolute atomic E-state index is 0.821. The van der Waals surface area contributed by atoms with Crippen LogP contribution in [0, 0.1) is 0 Å². The first-order valence-corrected chi connectivity index (χ1v) is 8.11. The maximum Gasteiger partial charge on any atom is 0.0467 e. The fraction of sp³-hybridized carbons (Fsp3) is 0.571. The molecular formula is C14H18BrClN2. The van der Waals surface area contributed by atoms with Gasteiger partial charge < -0.3 is 4.90 Å². The minimum Gasteiger partial charge on any atom is -0.369 e. The van der Waals surface area contributed by atoms with Crippen molar-refractivity contribution in [1.29, 1.82) is 0 Å². The van der Waals surface area contributed by atoms with Crippen LogP contribution < -0.4 is 4.90 Å². The molecular weight excluding hydrogens is 312 g/mol. The molecule has 0 spiro atoms. The van der Waals surface area contributed by atoms with E-state index in [1.807, 2.05) is 0 Å². The zero-order valence-electron chi connectivity index (χ0n) is 10.4. The van der Waals surface area contributed by atoms with E-state index < -0.39 is 0 Å². The second kappa shape index (κ2) is 5.40. The standard InChI is InChI=1S/C14H18BrClN2/c15-10-11-1-2-13(9-14(11)16)18-7-5-17(6-8-18)12-3-4-12/h1-2,9,12H,3-8,10H2. The van der Waals surface area contributed by atoms with Crippen LogP contribution in [0.15, 0.2) is 18.2 Å². The first-order valence-electron chi connectivity index (χ1n) is 6.61. The molecule has 1 aromatic carbocycles. The Labute approximate surface area is 122 Å². The highest BCUT2D eigenvalue weighted by Gasteiger charge is 2.31. The van der Waals surface area contributed by atoms with Gasteiger partial charge in [-0.2, -0.15) is 0 Å². The number of nitrogens with zero attached hydrogens (tertiary/aromatic N) is 2. The Morgan fingerprint density at radius 3 is 2.44 bits per heavy atom. The molecule has 18 heavy (non-hydrogen) atoms. The molecule has 2 fully saturated rings. The molecule has 4 heteroatoms. The van der Waals surface area contributed by atoms with Crippen LogP contribution in [0.3, 0.4) is 0 Å². The van der Waals surface area contributed by atoms with Gasteiger partial charge in [0.2, 0.25) is 0 Å². The van der Waals surface area contributed by atoms with Gasteiger partial charge in [-0.1, -0.05) is 33.6 Å². The fourth-order valence-corrected chi connectivity index (χ4v) is 3.52. The number of rotatable bonds is 3. The number of hydrogen-bond donors (Lipinski definition) is 0. The first kappa shape index (κ1) is 12.8. The Bertz CT molecular complexity index is 426. The van der Waals surface area contributed by atoms with E-state index >= 15 is 0 Å². The summed E-state index contributed by atoms with van der Waals surface area (Å²) in [5.41, 5.74) is 2.43. The van der Waals surface area contributed by atoms with Gasteiger partial charge in [-0.25, -0.2) is 0 Å². The number of halogens is 2. The molecule has 1 aliphatic carbocycles. The lowest BCUT2D eigenvalue weighted by atomic mass is 10.2. The first-order chi connectivity index (χ1) is 8.78. The van der Waals surface area contributed by atoms with Crippen molar-refractivity contribution in [3.05, 3.63) is 28.8 Å². The van der Waals surface area contributed by atoms with E-state index in [1.54, 1.807) is 0 Å². The second-order valence-electron chi connectivity index (χ2n) is 5.16. The Kier molecular flexibility index (Phi) is 3.83. The SMILES string of the molecule is Clc1cc(N2CCN(C3CC3)CC2)ccc1CBr. The van der Waals surface area contributed by atoms with Gasteiger partial charge in [-0.3, -0.25) is 4.90 Å². The lowest BCUT2D eigenvalue weighted by molar-refractivity contribution is 0.248. The van der Waals surface area contributed by atoms with Crippen molar-refractivity contribution in [2.45, 2.75) is 24.2 Å². The number of alkyl halides is 1. The summed E-state index contributed by atoms with van der Waals surface area (Å²) >= 11 is 9.73. The van der Waals surface area contributed by atoms with Gasteiger partial charge in [0, 0.05) is 48.3 Å². The Hall–Kier alpha value is -0.250. The molecule has 0 amide bonds. The van der Waals surface area contributed by atoms with Crippen LogP contribution in [-0.2, 0) is 5.33 Å². The van der Waals surface area contributed by atoms with Gasteiger partial charge in [0.1, 0.15) is 0 Å². The Morgan fingerprint density at radius 1 is 1.17 bits per heavy atom. The molecule has 1 saturated carbocycles. The van der Waals surface area contributed by atoms with Crippen LogP contribution >= 0.6 is 27.5 Å². The molecule has 0 bridgehead atoms. The molecule has 3 rings (SSSR count). The van der Waals surface area contributed by atoms with Crippen molar-refractivity contribution in [3.8, 4) is 0 Å². The molecule has 2 aliphatic rings. The van der Waals surface area contributed by atoms with Gasteiger partial charge in [0.15, 0.2) is 0 Å². The molecule has 0 N–H and O–H groups in total. The lowest BCUT2D eigenvalue weighted by Crippen LogP contribution is -2.47. The molecule has 0 atom stereocenters. The van der Waals surface area contributed by atoms with Crippen molar-refractivity contribution in [2.75, 3.05) is 31.1 Å². The van der Waals surface area contributed by atoms with E-state index in [-0.39, 0.29) is 0 Å². The molecule has 0 aromatic heterocycles. The van der Waals surface area contributed by atoms with E-state index in [0.717, 1.165) is 35.0 Å². The Morgan fingerprint density at radius 2 is 1.89 bits per heavy atom.